The predicted octanol–water partition coefficient (Wildman–Crippen LogP) is 2.58. The third-order valence-corrected chi connectivity index (χ3v) is 7.45. The monoisotopic (exact) mass is 279 g/mol. The summed E-state index contributed by atoms with van der Waals surface area (Å²) >= 11 is -1.63. The third kappa shape index (κ3) is 2.86. The quantitative estimate of drug-likeness (QED) is 0.646. The van der Waals surface area contributed by atoms with Crippen molar-refractivity contribution in [3.8, 4) is 0 Å². The molecule has 91 valence electrons. The van der Waals surface area contributed by atoms with E-state index < -0.39 is 17.9 Å². The molecule has 19 heavy (non-hydrogen) atoms. The van der Waals surface area contributed by atoms with Gasteiger partial charge in [0.1, 0.15) is 0 Å². The van der Waals surface area contributed by atoms with E-state index in [4.69, 9.17) is 0 Å². The fraction of sp³-hybridized carbons (Fsp3) is 0. The average Bonchev–Trinajstić information content (AvgIpc) is 2.51. The molecule has 0 aromatic heterocycles. The van der Waals surface area contributed by atoms with Crippen LogP contribution in [-0.2, 0) is 17.9 Å². The van der Waals surface area contributed by atoms with Crippen molar-refractivity contribution in [2.75, 3.05) is 0 Å². The Balaban J connectivity index is 2.12. The van der Waals surface area contributed by atoms with Crippen LogP contribution < -0.4 is 11.6 Å². The van der Waals surface area contributed by atoms with Crippen molar-refractivity contribution in [3.63, 3.8) is 0 Å². The number of benzene rings is 3. The maximum atomic E-state index is 2.27. The summed E-state index contributed by atoms with van der Waals surface area (Å²) in [7, 11) is 0. The van der Waals surface area contributed by atoms with Crippen molar-refractivity contribution in [2.45, 2.75) is 0 Å². The van der Waals surface area contributed by atoms with E-state index in [0.717, 1.165) is 0 Å². The minimum absolute atomic E-state index is 1.50. The molecule has 3 aromatic rings. The molecule has 1 heteroatoms. The van der Waals surface area contributed by atoms with Gasteiger partial charge in [-0.2, -0.15) is 0 Å². The summed E-state index contributed by atoms with van der Waals surface area (Å²) in [5.74, 6) is 0. The molecule has 0 saturated carbocycles. The van der Waals surface area contributed by atoms with Crippen LogP contribution in [0, 0.1) is 0 Å². The van der Waals surface area contributed by atoms with Crippen LogP contribution in [0.25, 0.3) is 0 Å². The minimum atomic E-state index is -1.63. The van der Waals surface area contributed by atoms with Gasteiger partial charge in [-0.1, -0.05) is 0 Å². The van der Waals surface area contributed by atoms with Crippen molar-refractivity contribution in [3.05, 3.63) is 91.0 Å². The van der Waals surface area contributed by atoms with Gasteiger partial charge >= 0.3 is 120 Å². The Hall–Kier alpha value is -1.63. The molecular weight excluding hydrogens is 264 g/mol. The molecule has 0 bridgehead atoms. The van der Waals surface area contributed by atoms with E-state index in [0.29, 0.717) is 0 Å². The van der Waals surface area contributed by atoms with Crippen molar-refractivity contribution in [1.29, 1.82) is 0 Å². The van der Waals surface area contributed by atoms with Crippen LogP contribution in [-0.4, -0.2) is 0 Å². The molecule has 0 fully saturated rings. The summed E-state index contributed by atoms with van der Waals surface area (Å²) in [5.41, 5.74) is 0. The Morgan fingerprint density at radius 2 is 0.632 bits per heavy atom. The Labute approximate surface area is 120 Å². The molecule has 3 aromatic carbocycles. The molecule has 0 N–H and O–H groups in total. The first-order valence-corrected chi connectivity index (χ1v) is 8.82. The standard InChI is InChI=1S/3C6H5.Ti/c3*1-2-4-6-5-3-1;/h3*1-5H;. The third-order valence-electron chi connectivity index (χ3n) is 3.19. The predicted molar refractivity (Wildman–Crippen MR) is 78.2 cm³/mol. The van der Waals surface area contributed by atoms with Gasteiger partial charge in [-0.15, -0.1) is 0 Å². The topological polar surface area (TPSA) is 0 Å². The Morgan fingerprint density at radius 3 is 0.895 bits per heavy atom. The first-order valence-electron chi connectivity index (χ1n) is 6.48. The van der Waals surface area contributed by atoms with Gasteiger partial charge in [0.25, 0.3) is 0 Å². The molecule has 0 amide bonds. The fourth-order valence-electron chi connectivity index (χ4n) is 2.31. The first kappa shape index (κ1) is 12.4. The van der Waals surface area contributed by atoms with Crippen LogP contribution in [0.4, 0.5) is 0 Å². The first-order chi connectivity index (χ1) is 9.45. The summed E-state index contributed by atoms with van der Waals surface area (Å²) in [6.07, 6.45) is 0. The van der Waals surface area contributed by atoms with E-state index >= 15 is 0 Å². The average molecular weight is 279 g/mol. The number of hydrogen-bond donors (Lipinski definition) is 0. The second kappa shape index (κ2) is 6.01. The van der Waals surface area contributed by atoms with Gasteiger partial charge in [-0.05, 0) is 0 Å². The maximum absolute atomic E-state index is 2.27. The molecule has 3 rings (SSSR count). The van der Waals surface area contributed by atoms with E-state index in [1.54, 1.807) is 0 Å². The SMILES string of the molecule is c1cc[c]([Ti]([c]2ccccc2)[c]2ccccc2)cc1. The molecule has 0 aliphatic rings. The van der Waals surface area contributed by atoms with Gasteiger partial charge in [-0.3, -0.25) is 0 Å². The molecular formula is C18H15Ti. The summed E-state index contributed by atoms with van der Waals surface area (Å²) < 4.78 is 4.50. The van der Waals surface area contributed by atoms with Gasteiger partial charge in [0.05, 0.1) is 0 Å². The number of rotatable bonds is 3. The molecule has 0 unspecified atom stereocenters. The zero-order valence-electron chi connectivity index (χ0n) is 10.7. The van der Waals surface area contributed by atoms with Crippen LogP contribution in [0.1, 0.15) is 0 Å². The van der Waals surface area contributed by atoms with E-state index in [1.165, 1.54) is 11.6 Å². The van der Waals surface area contributed by atoms with Gasteiger partial charge < -0.3 is 0 Å². The summed E-state index contributed by atoms with van der Waals surface area (Å²) in [6, 6.07) is 32.8. The molecule has 0 heterocycles. The zero-order chi connectivity index (χ0) is 12.9. The molecule has 0 aliphatic heterocycles. The molecule has 0 radical (unpaired) electrons. The molecule has 0 spiro atoms. The van der Waals surface area contributed by atoms with Crippen LogP contribution in [0.3, 0.4) is 0 Å². The van der Waals surface area contributed by atoms with Crippen LogP contribution in [0.2, 0.25) is 0 Å². The van der Waals surface area contributed by atoms with E-state index in [2.05, 4.69) is 91.0 Å². The summed E-state index contributed by atoms with van der Waals surface area (Å²) in [4.78, 5) is 0. The van der Waals surface area contributed by atoms with E-state index in [9.17, 15) is 0 Å². The Kier molecular flexibility index (Phi) is 3.93. The molecule has 0 aliphatic carbocycles. The van der Waals surface area contributed by atoms with E-state index in [-0.39, 0.29) is 0 Å². The van der Waals surface area contributed by atoms with Gasteiger partial charge in [0.15, 0.2) is 0 Å². The second-order valence-corrected chi connectivity index (χ2v) is 8.35. The molecule has 0 atom stereocenters. The molecule has 0 nitrogen and oxygen atoms in total. The Bertz CT molecular complexity index is 524. The van der Waals surface area contributed by atoms with Crippen molar-refractivity contribution in [2.24, 2.45) is 0 Å². The van der Waals surface area contributed by atoms with Crippen LogP contribution >= 0.6 is 0 Å². The molecule has 0 saturated heterocycles. The van der Waals surface area contributed by atoms with Crippen LogP contribution in [0.5, 0.6) is 0 Å². The number of hydrogen-bond acceptors (Lipinski definition) is 0. The second-order valence-electron chi connectivity index (χ2n) is 4.47. The van der Waals surface area contributed by atoms with Gasteiger partial charge in [-0.25, -0.2) is 0 Å². The van der Waals surface area contributed by atoms with Gasteiger partial charge in [0.2, 0.25) is 0 Å². The van der Waals surface area contributed by atoms with E-state index in [1.807, 2.05) is 0 Å². The van der Waals surface area contributed by atoms with Crippen molar-refractivity contribution >= 4 is 11.6 Å². The summed E-state index contributed by atoms with van der Waals surface area (Å²) in [5, 5.41) is 0. The normalized spacial score (nSPS) is 10.1. The van der Waals surface area contributed by atoms with Crippen LogP contribution in [0.15, 0.2) is 91.0 Å². The van der Waals surface area contributed by atoms with Crippen molar-refractivity contribution in [1.82, 2.24) is 0 Å². The zero-order valence-corrected chi connectivity index (χ0v) is 12.2. The van der Waals surface area contributed by atoms with Gasteiger partial charge in [0, 0.05) is 0 Å². The van der Waals surface area contributed by atoms with Crippen molar-refractivity contribution < 1.29 is 17.9 Å². The Morgan fingerprint density at radius 1 is 0.368 bits per heavy atom. The fourth-order valence-corrected chi connectivity index (χ4v) is 6.34. The summed E-state index contributed by atoms with van der Waals surface area (Å²) in [6.45, 7) is 0.